The molecule has 0 aromatic heterocycles. The highest BCUT2D eigenvalue weighted by atomic mass is 35.5. The number of ether oxygens (including phenoxy) is 2. The van der Waals surface area contributed by atoms with Gasteiger partial charge in [-0.05, 0) is 67.8 Å². The number of benzene rings is 3. The van der Waals surface area contributed by atoms with Crippen LogP contribution in [0.3, 0.4) is 0 Å². The molecule has 2 amide bonds. The van der Waals surface area contributed by atoms with Gasteiger partial charge in [-0.15, -0.1) is 0 Å². The van der Waals surface area contributed by atoms with Gasteiger partial charge in [0.05, 0.1) is 17.8 Å². The van der Waals surface area contributed by atoms with E-state index in [1.54, 1.807) is 24.3 Å². The van der Waals surface area contributed by atoms with Crippen molar-refractivity contribution in [1.82, 2.24) is 5.43 Å². The van der Waals surface area contributed by atoms with Crippen LogP contribution in [-0.4, -0.2) is 24.6 Å². The molecular formula is C26H25ClFN3O4. The van der Waals surface area contributed by atoms with Crippen LogP contribution in [0.4, 0.5) is 10.1 Å². The third-order valence-corrected chi connectivity index (χ3v) is 5.36. The second-order valence-corrected chi connectivity index (χ2v) is 7.96. The van der Waals surface area contributed by atoms with Crippen LogP contribution in [-0.2, 0) is 16.2 Å². The lowest BCUT2D eigenvalue weighted by molar-refractivity contribution is -0.136. The summed E-state index contributed by atoms with van der Waals surface area (Å²) in [6.07, 6.45) is 1.37. The molecule has 0 saturated carbocycles. The van der Waals surface area contributed by atoms with Gasteiger partial charge in [-0.2, -0.15) is 5.10 Å². The highest BCUT2D eigenvalue weighted by molar-refractivity contribution is 6.39. The summed E-state index contributed by atoms with van der Waals surface area (Å²) < 4.78 is 25.4. The van der Waals surface area contributed by atoms with E-state index in [2.05, 4.69) is 15.8 Å². The third kappa shape index (κ3) is 6.80. The fraction of sp³-hybridized carbons (Fsp3) is 0.192. The van der Waals surface area contributed by atoms with Crippen molar-refractivity contribution >= 4 is 35.3 Å². The molecule has 3 aromatic rings. The molecule has 3 aromatic carbocycles. The van der Waals surface area contributed by atoms with Gasteiger partial charge in [0.2, 0.25) is 0 Å². The summed E-state index contributed by atoms with van der Waals surface area (Å²) in [5, 5.41) is 6.71. The van der Waals surface area contributed by atoms with E-state index in [0.29, 0.717) is 29.4 Å². The molecule has 0 atom stereocenters. The first-order valence-corrected chi connectivity index (χ1v) is 11.2. The number of aryl methyl sites for hydroxylation is 2. The summed E-state index contributed by atoms with van der Waals surface area (Å²) in [5.74, 6) is -1.40. The first-order chi connectivity index (χ1) is 16.8. The number of nitrogens with zero attached hydrogens (tertiary/aromatic N) is 1. The molecule has 0 heterocycles. The predicted octanol–water partition coefficient (Wildman–Crippen LogP) is 5.16. The lowest BCUT2D eigenvalue weighted by atomic mass is 10.1. The average Bonchev–Trinajstić information content (AvgIpc) is 2.82. The summed E-state index contributed by atoms with van der Waals surface area (Å²) in [7, 11) is 0. The van der Waals surface area contributed by atoms with E-state index in [9.17, 15) is 14.0 Å². The lowest BCUT2D eigenvalue weighted by Crippen LogP contribution is -2.32. The Morgan fingerprint density at radius 3 is 2.40 bits per heavy atom. The average molecular weight is 498 g/mol. The summed E-state index contributed by atoms with van der Waals surface area (Å²) >= 11 is 6.06. The van der Waals surface area contributed by atoms with Crippen molar-refractivity contribution in [3.63, 3.8) is 0 Å². The molecule has 2 N–H and O–H groups in total. The van der Waals surface area contributed by atoms with Crippen molar-refractivity contribution < 1.29 is 23.5 Å². The first-order valence-electron chi connectivity index (χ1n) is 10.8. The second kappa shape index (κ2) is 12.0. The van der Waals surface area contributed by atoms with E-state index in [1.165, 1.54) is 18.3 Å². The molecule has 0 aliphatic rings. The zero-order valence-corrected chi connectivity index (χ0v) is 20.3. The first kappa shape index (κ1) is 25.7. The quantitative estimate of drug-likeness (QED) is 0.255. The van der Waals surface area contributed by atoms with E-state index in [1.807, 2.05) is 39.0 Å². The largest absolute Gasteiger partial charge is 0.490 e. The number of rotatable bonds is 8. The van der Waals surface area contributed by atoms with E-state index < -0.39 is 17.6 Å². The molecule has 0 radical (unpaired) electrons. The Hall–Kier alpha value is -3.91. The third-order valence-electron chi connectivity index (χ3n) is 5.01. The fourth-order valence-corrected chi connectivity index (χ4v) is 3.43. The number of carbonyl (C=O) groups is 2. The molecular weight excluding hydrogens is 473 g/mol. The van der Waals surface area contributed by atoms with Crippen LogP contribution in [0.1, 0.15) is 29.2 Å². The van der Waals surface area contributed by atoms with Gasteiger partial charge in [0.1, 0.15) is 12.4 Å². The molecule has 0 unspecified atom stereocenters. The van der Waals surface area contributed by atoms with Crippen LogP contribution in [0.5, 0.6) is 11.5 Å². The number of amides is 2. The number of anilines is 1. The van der Waals surface area contributed by atoms with Crippen LogP contribution in [0.25, 0.3) is 0 Å². The number of hydrogen-bond acceptors (Lipinski definition) is 5. The lowest BCUT2D eigenvalue weighted by Gasteiger charge is -2.13. The van der Waals surface area contributed by atoms with E-state index in [0.717, 1.165) is 11.1 Å². The number of hydrogen-bond donors (Lipinski definition) is 2. The maximum absolute atomic E-state index is 14.0. The smallest absolute Gasteiger partial charge is 0.329 e. The van der Waals surface area contributed by atoms with Crippen molar-refractivity contribution in [2.45, 2.75) is 27.4 Å². The molecule has 35 heavy (non-hydrogen) atoms. The molecule has 0 saturated heterocycles. The standard InChI is InChI=1S/C26H25ClFN3O4/c1-4-34-23-13-18(11-12-22(23)35-15-19-20(27)9-6-10-21(19)28)14-29-31-26(33)25(32)30-24-16(2)7-5-8-17(24)3/h5-14H,4,15H2,1-3H3,(H,30,32)(H,31,33). The Balaban J connectivity index is 1.64. The molecule has 7 nitrogen and oxygen atoms in total. The molecule has 182 valence electrons. The van der Waals surface area contributed by atoms with Crippen LogP contribution >= 0.6 is 11.6 Å². The van der Waals surface area contributed by atoms with E-state index in [4.69, 9.17) is 21.1 Å². The molecule has 0 fully saturated rings. The molecule has 0 spiro atoms. The number of para-hydroxylation sites is 1. The van der Waals surface area contributed by atoms with Crippen molar-refractivity contribution in [3.05, 3.63) is 87.7 Å². The highest BCUT2D eigenvalue weighted by Gasteiger charge is 2.15. The van der Waals surface area contributed by atoms with Crippen molar-refractivity contribution in [2.24, 2.45) is 5.10 Å². The van der Waals surface area contributed by atoms with Crippen molar-refractivity contribution in [1.29, 1.82) is 0 Å². The minimum absolute atomic E-state index is 0.0788. The fourth-order valence-electron chi connectivity index (χ4n) is 3.21. The topological polar surface area (TPSA) is 89.0 Å². The Kier molecular flexibility index (Phi) is 8.80. The minimum atomic E-state index is -0.907. The van der Waals surface area contributed by atoms with Gasteiger partial charge in [0.15, 0.2) is 11.5 Å². The highest BCUT2D eigenvalue weighted by Crippen LogP contribution is 2.30. The normalized spacial score (nSPS) is 10.8. The zero-order chi connectivity index (χ0) is 25.4. The van der Waals surface area contributed by atoms with Gasteiger partial charge in [0, 0.05) is 11.3 Å². The van der Waals surface area contributed by atoms with Crippen LogP contribution < -0.4 is 20.2 Å². The van der Waals surface area contributed by atoms with Crippen LogP contribution in [0.15, 0.2) is 59.7 Å². The summed E-state index contributed by atoms with van der Waals surface area (Å²) in [6, 6.07) is 14.9. The molecule has 3 rings (SSSR count). The summed E-state index contributed by atoms with van der Waals surface area (Å²) in [5.41, 5.74) is 5.31. The van der Waals surface area contributed by atoms with Gasteiger partial charge < -0.3 is 14.8 Å². The number of hydrazone groups is 1. The monoisotopic (exact) mass is 497 g/mol. The van der Waals surface area contributed by atoms with Gasteiger partial charge in [-0.1, -0.05) is 35.9 Å². The van der Waals surface area contributed by atoms with Gasteiger partial charge >= 0.3 is 11.8 Å². The van der Waals surface area contributed by atoms with Gasteiger partial charge in [-0.3, -0.25) is 9.59 Å². The predicted molar refractivity (Wildman–Crippen MR) is 134 cm³/mol. The Morgan fingerprint density at radius 1 is 1.00 bits per heavy atom. The minimum Gasteiger partial charge on any atom is -0.490 e. The summed E-state index contributed by atoms with van der Waals surface area (Å²) in [4.78, 5) is 24.3. The van der Waals surface area contributed by atoms with E-state index in [-0.39, 0.29) is 17.2 Å². The maximum Gasteiger partial charge on any atom is 0.329 e. The van der Waals surface area contributed by atoms with Crippen molar-refractivity contribution in [2.75, 3.05) is 11.9 Å². The Bertz CT molecular complexity index is 1220. The molecule has 9 heteroatoms. The molecule has 0 aliphatic carbocycles. The second-order valence-electron chi connectivity index (χ2n) is 7.55. The van der Waals surface area contributed by atoms with Gasteiger partial charge in [-0.25, -0.2) is 9.82 Å². The molecule has 0 bridgehead atoms. The van der Waals surface area contributed by atoms with Crippen molar-refractivity contribution in [3.8, 4) is 11.5 Å². The van der Waals surface area contributed by atoms with Crippen LogP contribution in [0, 0.1) is 19.7 Å². The number of carbonyl (C=O) groups excluding carboxylic acids is 2. The maximum atomic E-state index is 14.0. The van der Waals surface area contributed by atoms with Crippen LogP contribution in [0.2, 0.25) is 5.02 Å². The van der Waals surface area contributed by atoms with E-state index >= 15 is 0 Å². The zero-order valence-electron chi connectivity index (χ0n) is 19.5. The Morgan fingerprint density at radius 2 is 1.71 bits per heavy atom. The summed E-state index contributed by atoms with van der Waals surface area (Å²) in [6.45, 7) is 5.78. The number of halogens is 2. The Labute approximate surface area is 207 Å². The van der Waals surface area contributed by atoms with Gasteiger partial charge in [0.25, 0.3) is 0 Å². The number of nitrogens with one attached hydrogen (secondary N) is 2. The molecule has 0 aliphatic heterocycles. The SMILES string of the molecule is CCOc1cc(C=NNC(=O)C(=O)Nc2c(C)cccc2C)ccc1OCc1c(F)cccc1Cl.